The smallest absolute Gasteiger partial charge is 0.178 e. The van der Waals surface area contributed by atoms with Gasteiger partial charge < -0.3 is 16.0 Å². The van der Waals surface area contributed by atoms with Crippen molar-refractivity contribution in [1.82, 2.24) is 16.2 Å². The van der Waals surface area contributed by atoms with Crippen molar-refractivity contribution in [2.45, 2.75) is 25.6 Å². The Hall–Kier alpha value is -2.00. The number of nitrogens with two attached hydrogens (primary N) is 1. The van der Waals surface area contributed by atoms with Gasteiger partial charge in [0.1, 0.15) is 11.6 Å². The van der Waals surface area contributed by atoms with E-state index in [1.807, 2.05) is 29.2 Å². The SMILES string of the molecule is NC(=S)NNCc1cc(F)c(N2CC[C@H](NCc3ccccc3Cl)C2)cc1F. The predicted molar refractivity (Wildman–Crippen MR) is 112 cm³/mol. The summed E-state index contributed by atoms with van der Waals surface area (Å²) in [5, 5.41) is 4.18. The number of nitrogens with one attached hydrogen (secondary N) is 3. The number of benzene rings is 2. The van der Waals surface area contributed by atoms with Crippen LogP contribution in [0.1, 0.15) is 17.5 Å². The minimum absolute atomic E-state index is 0.0323. The van der Waals surface area contributed by atoms with Crippen LogP contribution in [0.5, 0.6) is 0 Å². The van der Waals surface area contributed by atoms with Gasteiger partial charge in [-0.1, -0.05) is 29.8 Å². The first-order valence-corrected chi connectivity index (χ1v) is 9.70. The Morgan fingerprint density at radius 1 is 1.18 bits per heavy atom. The summed E-state index contributed by atoms with van der Waals surface area (Å²) in [6, 6.07) is 10.3. The third-order valence-corrected chi connectivity index (χ3v) is 5.15. The van der Waals surface area contributed by atoms with Gasteiger partial charge in [-0.3, -0.25) is 5.43 Å². The van der Waals surface area contributed by atoms with Crippen molar-refractivity contribution in [3.05, 3.63) is 64.2 Å². The monoisotopic (exact) mass is 425 g/mol. The molecule has 9 heteroatoms. The Kier molecular flexibility index (Phi) is 7.01. The first-order chi connectivity index (χ1) is 13.4. The van der Waals surface area contributed by atoms with Crippen LogP contribution in [0.15, 0.2) is 36.4 Å². The lowest BCUT2D eigenvalue weighted by atomic mass is 10.1. The predicted octanol–water partition coefficient (Wildman–Crippen LogP) is 2.82. The van der Waals surface area contributed by atoms with E-state index in [1.165, 1.54) is 12.1 Å². The standard InChI is InChI=1S/C19H22ClF2N5S/c20-15-4-2-1-3-12(15)9-24-14-5-6-27(11-14)18-8-16(21)13(7-17(18)22)10-25-26-19(23)28/h1-4,7-8,14,24-25H,5-6,9-11H2,(H3,23,26,28)/t14-/m0/s1. The van der Waals surface area contributed by atoms with Gasteiger partial charge in [0.15, 0.2) is 5.11 Å². The van der Waals surface area contributed by atoms with Gasteiger partial charge in [0.2, 0.25) is 0 Å². The number of nitrogens with zero attached hydrogens (tertiary/aromatic N) is 1. The molecule has 0 aromatic heterocycles. The zero-order valence-corrected chi connectivity index (χ0v) is 16.7. The Morgan fingerprint density at radius 3 is 2.71 bits per heavy atom. The number of hydrazine groups is 1. The van der Waals surface area contributed by atoms with Crippen LogP contribution >= 0.6 is 23.8 Å². The summed E-state index contributed by atoms with van der Waals surface area (Å²) in [4.78, 5) is 1.85. The highest BCUT2D eigenvalue weighted by Gasteiger charge is 2.25. The molecule has 28 heavy (non-hydrogen) atoms. The Bertz CT molecular complexity index is 851. The molecule has 0 bridgehead atoms. The number of rotatable bonds is 7. The number of thiocarbonyl (C=S) groups is 1. The Labute approximate surface area is 173 Å². The van der Waals surface area contributed by atoms with Crippen molar-refractivity contribution < 1.29 is 8.78 Å². The number of hydrogen-bond acceptors (Lipinski definition) is 4. The molecule has 0 saturated carbocycles. The van der Waals surface area contributed by atoms with Gasteiger partial charge in [0.25, 0.3) is 0 Å². The molecule has 0 amide bonds. The lowest BCUT2D eigenvalue weighted by Crippen LogP contribution is -2.40. The van der Waals surface area contributed by atoms with Crippen molar-refractivity contribution in [2.24, 2.45) is 5.73 Å². The van der Waals surface area contributed by atoms with Crippen LogP contribution in [0.25, 0.3) is 0 Å². The zero-order chi connectivity index (χ0) is 20.1. The van der Waals surface area contributed by atoms with Gasteiger partial charge in [-0.05, 0) is 36.3 Å². The number of halogens is 3. The molecular weight excluding hydrogens is 404 g/mol. The molecular formula is C19H22ClF2N5S. The van der Waals surface area contributed by atoms with E-state index in [4.69, 9.17) is 17.3 Å². The van der Waals surface area contributed by atoms with Gasteiger partial charge >= 0.3 is 0 Å². The van der Waals surface area contributed by atoms with Gasteiger partial charge in [-0.15, -0.1) is 0 Å². The first-order valence-electron chi connectivity index (χ1n) is 8.92. The highest BCUT2D eigenvalue weighted by molar-refractivity contribution is 7.80. The van der Waals surface area contributed by atoms with Crippen LogP contribution in [0.4, 0.5) is 14.5 Å². The summed E-state index contributed by atoms with van der Waals surface area (Å²) in [5.41, 5.74) is 11.9. The summed E-state index contributed by atoms with van der Waals surface area (Å²) >= 11 is 10.8. The van der Waals surface area contributed by atoms with Gasteiger partial charge in [0.05, 0.1) is 5.69 Å². The first kappa shape index (κ1) is 20.7. The summed E-state index contributed by atoms with van der Waals surface area (Å²) in [6.07, 6.45) is 0.840. The number of hydrogen-bond donors (Lipinski definition) is 4. The molecule has 2 aromatic carbocycles. The van der Waals surface area contributed by atoms with Gasteiger partial charge in [-0.2, -0.15) is 0 Å². The third kappa shape index (κ3) is 5.29. The van der Waals surface area contributed by atoms with Crippen molar-refractivity contribution >= 4 is 34.6 Å². The van der Waals surface area contributed by atoms with E-state index < -0.39 is 11.6 Å². The second kappa shape index (κ2) is 9.47. The average Bonchev–Trinajstić information content (AvgIpc) is 3.12. The fraction of sp³-hybridized carbons (Fsp3) is 0.316. The maximum Gasteiger partial charge on any atom is 0.178 e. The molecule has 5 N–H and O–H groups in total. The molecule has 150 valence electrons. The molecule has 1 saturated heterocycles. The van der Waals surface area contributed by atoms with E-state index in [0.717, 1.165) is 12.0 Å². The Morgan fingerprint density at radius 2 is 1.96 bits per heavy atom. The summed E-state index contributed by atoms with van der Waals surface area (Å²) in [6.45, 7) is 1.94. The largest absolute Gasteiger partial charge is 0.375 e. The maximum atomic E-state index is 14.6. The molecule has 2 aromatic rings. The van der Waals surface area contributed by atoms with E-state index in [9.17, 15) is 8.78 Å². The lowest BCUT2D eigenvalue weighted by molar-refractivity contribution is 0.547. The van der Waals surface area contributed by atoms with E-state index in [-0.39, 0.29) is 28.9 Å². The fourth-order valence-corrected chi connectivity index (χ4v) is 3.50. The lowest BCUT2D eigenvalue weighted by Gasteiger charge is -2.21. The zero-order valence-electron chi connectivity index (χ0n) is 15.1. The van der Waals surface area contributed by atoms with Gasteiger partial charge in [-0.25, -0.2) is 14.2 Å². The molecule has 5 nitrogen and oxygen atoms in total. The van der Waals surface area contributed by atoms with Crippen molar-refractivity contribution in [2.75, 3.05) is 18.0 Å². The van der Waals surface area contributed by atoms with Crippen LogP contribution in [0.3, 0.4) is 0 Å². The minimum atomic E-state index is -0.485. The summed E-state index contributed by atoms with van der Waals surface area (Å²) in [7, 11) is 0. The molecule has 3 rings (SSSR count). The maximum absolute atomic E-state index is 14.6. The molecule has 0 aliphatic carbocycles. The molecule has 0 unspecified atom stereocenters. The molecule has 0 spiro atoms. The third-order valence-electron chi connectivity index (χ3n) is 4.67. The van der Waals surface area contributed by atoms with E-state index >= 15 is 0 Å². The van der Waals surface area contributed by atoms with E-state index in [1.54, 1.807) is 0 Å². The molecule has 0 radical (unpaired) electrons. The summed E-state index contributed by atoms with van der Waals surface area (Å²) < 4.78 is 28.9. The molecule has 1 heterocycles. The highest BCUT2D eigenvalue weighted by atomic mass is 35.5. The van der Waals surface area contributed by atoms with E-state index in [2.05, 4.69) is 28.4 Å². The molecule has 1 aliphatic heterocycles. The van der Waals surface area contributed by atoms with Crippen molar-refractivity contribution in [3.63, 3.8) is 0 Å². The topological polar surface area (TPSA) is 65.3 Å². The number of anilines is 1. The van der Waals surface area contributed by atoms with Crippen LogP contribution in [-0.4, -0.2) is 24.2 Å². The van der Waals surface area contributed by atoms with Crippen molar-refractivity contribution in [1.29, 1.82) is 0 Å². The average molecular weight is 426 g/mol. The summed E-state index contributed by atoms with van der Waals surface area (Å²) in [5.74, 6) is -0.943. The normalized spacial score (nSPS) is 16.4. The minimum Gasteiger partial charge on any atom is -0.375 e. The molecule has 1 aliphatic rings. The second-order valence-corrected chi connectivity index (χ2v) is 7.49. The van der Waals surface area contributed by atoms with Gasteiger partial charge in [0, 0.05) is 48.9 Å². The second-order valence-electron chi connectivity index (χ2n) is 6.64. The quantitative estimate of drug-likeness (QED) is 0.404. The van der Waals surface area contributed by atoms with Crippen LogP contribution in [0, 0.1) is 11.6 Å². The molecule has 1 atom stereocenters. The Balaban J connectivity index is 1.59. The highest BCUT2D eigenvalue weighted by Crippen LogP contribution is 2.27. The molecule has 1 fully saturated rings. The van der Waals surface area contributed by atoms with Crippen LogP contribution < -0.4 is 26.8 Å². The van der Waals surface area contributed by atoms with E-state index in [0.29, 0.717) is 24.7 Å². The van der Waals surface area contributed by atoms with Crippen LogP contribution in [0.2, 0.25) is 5.02 Å². The van der Waals surface area contributed by atoms with Crippen LogP contribution in [-0.2, 0) is 13.1 Å². The fourth-order valence-electron chi connectivity index (χ4n) is 3.22. The van der Waals surface area contributed by atoms with Crippen molar-refractivity contribution in [3.8, 4) is 0 Å².